The summed E-state index contributed by atoms with van der Waals surface area (Å²) in [5.74, 6) is 0.588. The number of carbonyl (C=O) groups is 1. The van der Waals surface area contributed by atoms with Crippen molar-refractivity contribution in [2.75, 3.05) is 5.32 Å². The molecule has 0 aliphatic carbocycles. The third kappa shape index (κ3) is 4.74. The highest BCUT2D eigenvalue weighted by Gasteiger charge is 2.08. The van der Waals surface area contributed by atoms with E-state index in [9.17, 15) is 4.79 Å². The first-order valence-electron chi connectivity index (χ1n) is 6.92. The zero-order chi connectivity index (χ0) is 15.2. The zero-order valence-electron chi connectivity index (χ0n) is 12.1. The van der Waals surface area contributed by atoms with Crippen LogP contribution in [-0.2, 0) is 0 Å². The standard InChI is InChI=1S/C17H18INO2/c1-3-12(2)21-16-6-4-5-13(11-16)17(20)19-15-9-7-14(18)8-10-15/h4-12H,3H2,1-2H3,(H,19,20). The number of ether oxygens (including phenoxy) is 1. The van der Waals surface area contributed by atoms with Crippen LogP contribution in [0.1, 0.15) is 30.6 Å². The Labute approximate surface area is 138 Å². The topological polar surface area (TPSA) is 38.3 Å². The van der Waals surface area contributed by atoms with Gasteiger partial charge in [0.05, 0.1) is 6.10 Å². The number of amides is 1. The molecular weight excluding hydrogens is 377 g/mol. The van der Waals surface area contributed by atoms with Crippen LogP contribution in [0, 0.1) is 3.57 Å². The third-order valence-electron chi connectivity index (χ3n) is 3.11. The average Bonchev–Trinajstić information content (AvgIpc) is 2.49. The van der Waals surface area contributed by atoms with E-state index in [0.29, 0.717) is 5.56 Å². The molecule has 2 rings (SSSR count). The maximum Gasteiger partial charge on any atom is 0.255 e. The first-order chi connectivity index (χ1) is 10.1. The second kappa shape index (κ2) is 7.45. The number of carbonyl (C=O) groups excluding carboxylic acids is 1. The number of benzene rings is 2. The molecule has 0 aliphatic heterocycles. The molecule has 0 aromatic heterocycles. The van der Waals surface area contributed by atoms with Gasteiger partial charge in [-0.1, -0.05) is 13.0 Å². The highest BCUT2D eigenvalue weighted by Crippen LogP contribution is 2.18. The maximum absolute atomic E-state index is 12.2. The van der Waals surface area contributed by atoms with E-state index in [1.165, 1.54) is 0 Å². The first-order valence-corrected chi connectivity index (χ1v) is 8.00. The first kappa shape index (κ1) is 15.8. The maximum atomic E-state index is 12.2. The van der Waals surface area contributed by atoms with E-state index >= 15 is 0 Å². The van der Waals surface area contributed by atoms with E-state index in [1.54, 1.807) is 12.1 Å². The second-order valence-electron chi connectivity index (χ2n) is 4.83. The van der Waals surface area contributed by atoms with Gasteiger partial charge in [0, 0.05) is 14.8 Å². The van der Waals surface area contributed by atoms with Gasteiger partial charge < -0.3 is 10.1 Å². The van der Waals surface area contributed by atoms with Gasteiger partial charge in [0.25, 0.3) is 5.91 Å². The molecule has 2 aromatic rings. The molecule has 0 saturated carbocycles. The Hall–Kier alpha value is -1.56. The van der Waals surface area contributed by atoms with Gasteiger partial charge >= 0.3 is 0 Å². The summed E-state index contributed by atoms with van der Waals surface area (Å²) < 4.78 is 6.87. The SMILES string of the molecule is CCC(C)Oc1cccc(C(=O)Nc2ccc(I)cc2)c1. The van der Waals surface area contributed by atoms with E-state index in [-0.39, 0.29) is 12.0 Å². The Morgan fingerprint density at radius 3 is 2.62 bits per heavy atom. The molecule has 21 heavy (non-hydrogen) atoms. The lowest BCUT2D eigenvalue weighted by Gasteiger charge is -2.13. The highest BCUT2D eigenvalue weighted by atomic mass is 127. The molecule has 1 amide bonds. The van der Waals surface area contributed by atoms with Crippen LogP contribution < -0.4 is 10.1 Å². The predicted octanol–water partition coefficient (Wildman–Crippen LogP) is 4.72. The molecule has 0 spiro atoms. The fourth-order valence-corrected chi connectivity index (χ4v) is 2.12. The van der Waals surface area contributed by atoms with Crippen molar-refractivity contribution in [1.29, 1.82) is 0 Å². The van der Waals surface area contributed by atoms with Crippen molar-refractivity contribution in [3.63, 3.8) is 0 Å². The van der Waals surface area contributed by atoms with Crippen LogP contribution in [0.15, 0.2) is 48.5 Å². The molecule has 0 fully saturated rings. The molecule has 1 atom stereocenters. The van der Waals surface area contributed by atoms with Crippen LogP contribution in [0.4, 0.5) is 5.69 Å². The van der Waals surface area contributed by atoms with Gasteiger partial charge in [-0.3, -0.25) is 4.79 Å². The second-order valence-corrected chi connectivity index (χ2v) is 6.07. The molecule has 1 N–H and O–H groups in total. The number of rotatable bonds is 5. The molecule has 4 heteroatoms. The van der Waals surface area contributed by atoms with Crippen LogP contribution in [-0.4, -0.2) is 12.0 Å². The van der Waals surface area contributed by atoms with E-state index in [2.05, 4.69) is 34.8 Å². The minimum Gasteiger partial charge on any atom is -0.491 e. The van der Waals surface area contributed by atoms with E-state index in [0.717, 1.165) is 21.4 Å². The van der Waals surface area contributed by atoms with E-state index in [1.807, 2.05) is 43.3 Å². The predicted molar refractivity (Wildman–Crippen MR) is 93.9 cm³/mol. The van der Waals surface area contributed by atoms with Crippen LogP contribution in [0.5, 0.6) is 5.75 Å². The molecular formula is C17H18INO2. The number of hydrogen-bond donors (Lipinski definition) is 1. The van der Waals surface area contributed by atoms with Gasteiger partial charge in [-0.2, -0.15) is 0 Å². The summed E-state index contributed by atoms with van der Waals surface area (Å²) in [5, 5.41) is 2.88. The Morgan fingerprint density at radius 2 is 1.95 bits per heavy atom. The largest absolute Gasteiger partial charge is 0.491 e. The Morgan fingerprint density at radius 1 is 1.24 bits per heavy atom. The quantitative estimate of drug-likeness (QED) is 0.744. The van der Waals surface area contributed by atoms with Gasteiger partial charge in [-0.15, -0.1) is 0 Å². The molecule has 3 nitrogen and oxygen atoms in total. The smallest absolute Gasteiger partial charge is 0.255 e. The van der Waals surface area contributed by atoms with Gasteiger partial charge in [0.15, 0.2) is 0 Å². The van der Waals surface area contributed by atoms with Crippen LogP contribution >= 0.6 is 22.6 Å². The Bertz CT molecular complexity index is 610. The normalized spacial score (nSPS) is 11.8. The Kier molecular flexibility index (Phi) is 5.61. The monoisotopic (exact) mass is 395 g/mol. The van der Waals surface area contributed by atoms with Gasteiger partial charge in [0.1, 0.15) is 5.75 Å². The molecule has 2 aromatic carbocycles. The molecule has 1 unspecified atom stereocenters. The van der Waals surface area contributed by atoms with Gasteiger partial charge in [-0.05, 0) is 78.4 Å². The van der Waals surface area contributed by atoms with Crippen molar-refractivity contribution in [3.05, 3.63) is 57.7 Å². The number of anilines is 1. The highest BCUT2D eigenvalue weighted by molar-refractivity contribution is 14.1. The van der Waals surface area contributed by atoms with E-state index < -0.39 is 0 Å². The molecule has 0 radical (unpaired) electrons. The number of hydrogen-bond acceptors (Lipinski definition) is 2. The summed E-state index contributed by atoms with van der Waals surface area (Å²) in [5.41, 5.74) is 1.38. The van der Waals surface area contributed by atoms with Crippen molar-refractivity contribution in [2.45, 2.75) is 26.4 Å². The van der Waals surface area contributed by atoms with E-state index in [4.69, 9.17) is 4.74 Å². The lowest BCUT2D eigenvalue weighted by molar-refractivity contribution is 0.102. The molecule has 0 aliphatic rings. The zero-order valence-corrected chi connectivity index (χ0v) is 14.3. The van der Waals surface area contributed by atoms with Crippen molar-refractivity contribution in [2.24, 2.45) is 0 Å². The summed E-state index contributed by atoms with van der Waals surface area (Å²) in [6.07, 6.45) is 1.07. The van der Waals surface area contributed by atoms with Gasteiger partial charge in [0.2, 0.25) is 0 Å². The minimum absolute atomic E-state index is 0.134. The minimum atomic E-state index is -0.134. The molecule has 0 bridgehead atoms. The average molecular weight is 395 g/mol. The lowest BCUT2D eigenvalue weighted by Crippen LogP contribution is -2.13. The van der Waals surface area contributed by atoms with Crippen LogP contribution in [0.3, 0.4) is 0 Å². The molecule has 110 valence electrons. The number of nitrogens with one attached hydrogen (secondary N) is 1. The summed E-state index contributed by atoms with van der Waals surface area (Å²) in [6, 6.07) is 14.9. The van der Waals surface area contributed by atoms with Crippen molar-refractivity contribution < 1.29 is 9.53 Å². The van der Waals surface area contributed by atoms with Crippen molar-refractivity contribution in [3.8, 4) is 5.75 Å². The van der Waals surface area contributed by atoms with Crippen LogP contribution in [0.25, 0.3) is 0 Å². The summed E-state index contributed by atoms with van der Waals surface area (Å²) in [7, 11) is 0. The van der Waals surface area contributed by atoms with Crippen molar-refractivity contribution >= 4 is 34.2 Å². The summed E-state index contributed by atoms with van der Waals surface area (Å²) in [4.78, 5) is 12.2. The van der Waals surface area contributed by atoms with Crippen LogP contribution in [0.2, 0.25) is 0 Å². The fourth-order valence-electron chi connectivity index (χ4n) is 1.76. The fraction of sp³-hybridized carbons (Fsp3) is 0.235. The van der Waals surface area contributed by atoms with Crippen molar-refractivity contribution in [1.82, 2.24) is 0 Å². The summed E-state index contributed by atoms with van der Waals surface area (Å²) in [6.45, 7) is 4.08. The Balaban J connectivity index is 2.08. The summed E-state index contributed by atoms with van der Waals surface area (Å²) >= 11 is 2.23. The molecule has 0 saturated heterocycles. The van der Waals surface area contributed by atoms with Gasteiger partial charge in [-0.25, -0.2) is 0 Å². The lowest BCUT2D eigenvalue weighted by atomic mass is 10.2. The third-order valence-corrected chi connectivity index (χ3v) is 3.83. The molecule has 0 heterocycles. The number of halogens is 1.